The van der Waals surface area contributed by atoms with E-state index in [1.54, 1.807) is 0 Å². The molecule has 1 atom stereocenters. The molecule has 2 rings (SSSR count). The van der Waals surface area contributed by atoms with E-state index in [4.69, 9.17) is 0 Å². The summed E-state index contributed by atoms with van der Waals surface area (Å²) in [5, 5.41) is 6.46. The van der Waals surface area contributed by atoms with E-state index in [1.165, 1.54) is 24.3 Å². The minimum Gasteiger partial charge on any atom is -0.352 e. The Hall–Kier alpha value is 0.0700. The molecule has 0 bridgehead atoms. The number of thioether (sulfide) groups is 1. The molecule has 2 N–H and O–H groups in total. The van der Waals surface area contributed by atoms with Gasteiger partial charge in [-0.1, -0.05) is 6.42 Å². The summed E-state index contributed by atoms with van der Waals surface area (Å²) in [5.41, 5.74) is 0. The minimum atomic E-state index is 0. The molecule has 2 heterocycles. The highest BCUT2D eigenvalue weighted by Crippen LogP contribution is 2.17. The topological polar surface area (TPSA) is 41.1 Å². The molecule has 2 aliphatic heterocycles. The van der Waals surface area contributed by atoms with Crippen LogP contribution >= 0.6 is 24.2 Å². The normalized spacial score (nSPS) is 26.9. The molecule has 2 fully saturated rings. The van der Waals surface area contributed by atoms with Crippen molar-refractivity contribution in [2.75, 3.05) is 18.1 Å². The molecule has 0 spiro atoms. The van der Waals surface area contributed by atoms with Gasteiger partial charge >= 0.3 is 0 Å². The zero-order valence-corrected chi connectivity index (χ0v) is 11.2. The van der Waals surface area contributed by atoms with Crippen molar-refractivity contribution >= 4 is 30.1 Å². The van der Waals surface area contributed by atoms with E-state index in [0.717, 1.165) is 25.8 Å². The van der Waals surface area contributed by atoms with Crippen LogP contribution in [0.3, 0.4) is 0 Å². The van der Waals surface area contributed by atoms with E-state index >= 15 is 0 Å². The highest BCUT2D eigenvalue weighted by Gasteiger charge is 2.23. The molecule has 1 amide bonds. The quantitative estimate of drug-likeness (QED) is 0.795. The van der Waals surface area contributed by atoms with Gasteiger partial charge in [0.25, 0.3) is 0 Å². The summed E-state index contributed by atoms with van der Waals surface area (Å²) in [6.07, 6.45) is 5.69. The molecular formula is C11H21ClN2OS. The lowest BCUT2D eigenvalue weighted by Gasteiger charge is -2.27. The van der Waals surface area contributed by atoms with Crippen LogP contribution in [0, 0.1) is 0 Å². The first kappa shape index (κ1) is 14.1. The Labute approximate surface area is 108 Å². The number of rotatable bonds is 2. The van der Waals surface area contributed by atoms with Gasteiger partial charge in [-0.05, 0) is 43.7 Å². The smallest absolute Gasteiger partial charge is 0.237 e. The van der Waals surface area contributed by atoms with Gasteiger partial charge in [-0.2, -0.15) is 11.8 Å². The third-order valence-electron chi connectivity index (χ3n) is 3.19. The summed E-state index contributed by atoms with van der Waals surface area (Å²) in [5.74, 6) is 2.62. The van der Waals surface area contributed by atoms with Crippen LogP contribution in [0.2, 0.25) is 0 Å². The fourth-order valence-corrected chi connectivity index (χ4v) is 3.33. The number of hydrogen-bond donors (Lipinski definition) is 2. The first-order valence-electron chi connectivity index (χ1n) is 5.98. The number of hydrogen-bond acceptors (Lipinski definition) is 3. The van der Waals surface area contributed by atoms with Gasteiger partial charge in [0, 0.05) is 6.04 Å². The maximum Gasteiger partial charge on any atom is 0.237 e. The molecule has 0 saturated carbocycles. The van der Waals surface area contributed by atoms with Crippen molar-refractivity contribution in [2.24, 2.45) is 0 Å². The second-order valence-corrected chi connectivity index (χ2v) is 5.62. The van der Waals surface area contributed by atoms with Crippen molar-refractivity contribution in [1.29, 1.82) is 0 Å². The van der Waals surface area contributed by atoms with Gasteiger partial charge in [-0.25, -0.2) is 0 Å². The van der Waals surface area contributed by atoms with Gasteiger partial charge in [0.05, 0.1) is 6.04 Å². The monoisotopic (exact) mass is 264 g/mol. The van der Waals surface area contributed by atoms with Gasteiger partial charge in [-0.15, -0.1) is 12.4 Å². The lowest BCUT2D eigenvalue weighted by molar-refractivity contribution is -0.124. The van der Waals surface area contributed by atoms with E-state index in [1.807, 2.05) is 11.8 Å². The summed E-state index contributed by atoms with van der Waals surface area (Å²) in [4.78, 5) is 11.9. The first-order chi connectivity index (χ1) is 7.36. The Bertz CT molecular complexity index is 216. The van der Waals surface area contributed by atoms with Gasteiger partial charge in [-0.3, -0.25) is 4.79 Å². The van der Waals surface area contributed by atoms with Crippen LogP contribution in [-0.2, 0) is 4.79 Å². The highest BCUT2D eigenvalue weighted by atomic mass is 35.5. The summed E-state index contributed by atoms with van der Waals surface area (Å²) in [7, 11) is 0. The van der Waals surface area contributed by atoms with Gasteiger partial charge in [0.2, 0.25) is 5.91 Å². The molecule has 0 unspecified atom stereocenters. The molecule has 0 aromatic rings. The molecule has 94 valence electrons. The summed E-state index contributed by atoms with van der Waals surface area (Å²) >= 11 is 1.99. The predicted molar refractivity (Wildman–Crippen MR) is 71.4 cm³/mol. The maximum absolute atomic E-state index is 11.9. The molecule has 3 nitrogen and oxygen atoms in total. The summed E-state index contributed by atoms with van der Waals surface area (Å²) < 4.78 is 0. The van der Waals surface area contributed by atoms with Crippen molar-refractivity contribution in [1.82, 2.24) is 10.6 Å². The van der Waals surface area contributed by atoms with Crippen molar-refractivity contribution in [3.05, 3.63) is 0 Å². The number of carbonyl (C=O) groups is 1. The van der Waals surface area contributed by atoms with E-state index in [2.05, 4.69) is 10.6 Å². The van der Waals surface area contributed by atoms with Crippen LogP contribution < -0.4 is 10.6 Å². The SMILES string of the molecule is Cl.O=C(NC1CCSCC1)[C@H]1CCCCN1. The molecule has 2 aliphatic rings. The fraction of sp³-hybridized carbons (Fsp3) is 0.909. The zero-order valence-electron chi connectivity index (χ0n) is 9.54. The number of halogens is 1. The lowest BCUT2D eigenvalue weighted by atomic mass is 10.0. The molecule has 0 aromatic heterocycles. The van der Waals surface area contributed by atoms with Crippen LogP contribution in [-0.4, -0.2) is 36.0 Å². The molecule has 0 aromatic carbocycles. The van der Waals surface area contributed by atoms with E-state index < -0.39 is 0 Å². The second kappa shape index (κ2) is 7.41. The molecule has 5 heteroatoms. The van der Waals surface area contributed by atoms with Gasteiger partial charge < -0.3 is 10.6 Å². The van der Waals surface area contributed by atoms with Crippen LogP contribution in [0.1, 0.15) is 32.1 Å². The van der Waals surface area contributed by atoms with Crippen LogP contribution in [0.25, 0.3) is 0 Å². The van der Waals surface area contributed by atoms with Crippen LogP contribution in [0.15, 0.2) is 0 Å². The fourth-order valence-electron chi connectivity index (χ4n) is 2.22. The lowest BCUT2D eigenvalue weighted by Crippen LogP contribution is -2.50. The number of piperidine rings is 1. The highest BCUT2D eigenvalue weighted by molar-refractivity contribution is 7.99. The Balaban J connectivity index is 0.00000128. The minimum absolute atomic E-state index is 0. The van der Waals surface area contributed by atoms with Crippen molar-refractivity contribution < 1.29 is 4.79 Å². The van der Waals surface area contributed by atoms with Gasteiger partial charge in [0.1, 0.15) is 0 Å². The van der Waals surface area contributed by atoms with Crippen LogP contribution in [0.5, 0.6) is 0 Å². The first-order valence-corrected chi connectivity index (χ1v) is 7.13. The predicted octanol–water partition coefficient (Wildman–Crippen LogP) is 1.56. The largest absolute Gasteiger partial charge is 0.352 e. The third-order valence-corrected chi connectivity index (χ3v) is 4.24. The molecule has 0 aliphatic carbocycles. The van der Waals surface area contributed by atoms with Gasteiger partial charge in [0.15, 0.2) is 0 Å². The Morgan fingerprint density at radius 1 is 1.19 bits per heavy atom. The molecular weight excluding hydrogens is 244 g/mol. The maximum atomic E-state index is 11.9. The standard InChI is InChI=1S/C11H20N2OS.ClH/c14-11(10-3-1-2-6-12-10)13-9-4-7-15-8-5-9;/h9-10,12H,1-8H2,(H,13,14);1H/t10-;/m1./s1. The number of nitrogens with one attached hydrogen (secondary N) is 2. The second-order valence-electron chi connectivity index (χ2n) is 4.40. The average molecular weight is 265 g/mol. The molecule has 0 radical (unpaired) electrons. The third kappa shape index (κ3) is 4.15. The Morgan fingerprint density at radius 2 is 1.94 bits per heavy atom. The number of carbonyl (C=O) groups excluding carboxylic acids is 1. The average Bonchev–Trinajstić information content (AvgIpc) is 2.31. The summed E-state index contributed by atoms with van der Waals surface area (Å²) in [6, 6.07) is 0.510. The zero-order chi connectivity index (χ0) is 10.5. The van der Waals surface area contributed by atoms with E-state index in [9.17, 15) is 4.79 Å². The van der Waals surface area contributed by atoms with E-state index in [0.29, 0.717) is 6.04 Å². The van der Waals surface area contributed by atoms with Crippen LogP contribution in [0.4, 0.5) is 0 Å². The Morgan fingerprint density at radius 3 is 2.56 bits per heavy atom. The molecule has 16 heavy (non-hydrogen) atoms. The molecule has 2 saturated heterocycles. The van der Waals surface area contributed by atoms with E-state index in [-0.39, 0.29) is 24.4 Å². The Kier molecular flexibility index (Phi) is 6.54. The van der Waals surface area contributed by atoms with Crippen molar-refractivity contribution in [2.45, 2.75) is 44.2 Å². The van der Waals surface area contributed by atoms with Crippen molar-refractivity contribution in [3.63, 3.8) is 0 Å². The number of amides is 1. The summed E-state index contributed by atoms with van der Waals surface area (Å²) in [6.45, 7) is 0.999. The van der Waals surface area contributed by atoms with Crippen molar-refractivity contribution in [3.8, 4) is 0 Å².